The number of hydrazone groups is 1. The molecule has 3 aromatic carbocycles. The van der Waals surface area contributed by atoms with Crippen LogP contribution in [-0.2, 0) is 10.0 Å². The van der Waals surface area contributed by atoms with Gasteiger partial charge in [-0.1, -0.05) is 30.7 Å². The minimum atomic E-state index is -3.71. The van der Waals surface area contributed by atoms with Gasteiger partial charge in [0.2, 0.25) is 15.9 Å². The number of benzene rings is 3. The number of carbonyl (C=O) groups is 1. The SMILES string of the molecule is CCOc1ccc(-n2c(O)c(C=NNC(=O)c3cccc(S(=O)(=O)N4CCCCC4)c3)c3ccccc3c2=O)cc1. The van der Waals surface area contributed by atoms with Gasteiger partial charge >= 0.3 is 0 Å². The van der Waals surface area contributed by atoms with Crippen molar-refractivity contribution in [2.45, 2.75) is 31.1 Å². The average molecular weight is 575 g/mol. The fourth-order valence-electron chi connectivity index (χ4n) is 4.86. The van der Waals surface area contributed by atoms with Crippen molar-refractivity contribution in [3.63, 3.8) is 0 Å². The number of piperidine rings is 1. The molecule has 212 valence electrons. The van der Waals surface area contributed by atoms with E-state index in [2.05, 4.69) is 10.5 Å². The molecule has 1 fully saturated rings. The zero-order valence-corrected chi connectivity index (χ0v) is 23.3. The molecule has 0 spiro atoms. The first-order chi connectivity index (χ1) is 19.8. The van der Waals surface area contributed by atoms with Gasteiger partial charge in [-0.2, -0.15) is 9.41 Å². The second-order valence-corrected chi connectivity index (χ2v) is 11.5. The van der Waals surface area contributed by atoms with Crippen molar-refractivity contribution in [2.75, 3.05) is 19.7 Å². The van der Waals surface area contributed by atoms with E-state index in [1.807, 2.05) is 6.92 Å². The van der Waals surface area contributed by atoms with Gasteiger partial charge in [-0.3, -0.25) is 9.59 Å². The smallest absolute Gasteiger partial charge is 0.271 e. The van der Waals surface area contributed by atoms with Crippen LogP contribution in [0.5, 0.6) is 11.6 Å². The van der Waals surface area contributed by atoms with E-state index < -0.39 is 21.5 Å². The highest BCUT2D eigenvalue weighted by atomic mass is 32.2. The molecule has 0 radical (unpaired) electrons. The van der Waals surface area contributed by atoms with E-state index in [1.54, 1.807) is 48.5 Å². The van der Waals surface area contributed by atoms with Gasteiger partial charge < -0.3 is 9.84 Å². The lowest BCUT2D eigenvalue weighted by Crippen LogP contribution is -2.35. The predicted molar refractivity (Wildman–Crippen MR) is 156 cm³/mol. The van der Waals surface area contributed by atoms with Gasteiger partial charge in [-0.15, -0.1) is 0 Å². The Hall–Kier alpha value is -4.48. The molecule has 1 amide bonds. The fraction of sp³-hybridized carbons (Fsp3) is 0.233. The Kier molecular flexibility index (Phi) is 8.18. The summed E-state index contributed by atoms with van der Waals surface area (Å²) in [6.45, 7) is 3.27. The van der Waals surface area contributed by atoms with Crippen molar-refractivity contribution in [1.29, 1.82) is 0 Å². The highest BCUT2D eigenvalue weighted by Gasteiger charge is 2.26. The third-order valence-electron chi connectivity index (χ3n) is 6.92. The zero-order chi connectivity index (χ0) is 29.0. The first-order valence-electron chi connectivity index (χ1n) is 13.3. The number of nitrogens with one attached hydrogen (secondary N) is 1. The van der Waals surface area contributed by atoms with Gasteiger partial charge in [-0.05, 0) is 68.3 Å². The largest absolute Gasteiger partial charge is 0.494 e. The lowest BCUT2D eigenvalue weighted by Gasteiger charge is -2.25. The number of fused-ring (bicyclic) bond motifs is 1. The van der Waals surface area contributed by atoms with E-state index in [-0.39, 0.29) is 21.9 Å². The number of aromatic hydroxyl groups is 1. The molecule has 10 nitrogen and oxygen atoms in total. The summed E-state index contributed by atoms with van der Waals surface area (Å²) in [5.74, 6) is -0.354. The molecule has 0 aliphatic carbocycles. The summed E-state index contributed by atoms with van der Waals surface area (Å²) < 4.78 is 34.2. The molecule has 1 aliphatic heterocycles. The van der Waals surface area contributed by atoms with Crippen LogP contribution in [-0.4, -0.2) is 54.2 Å². The predicted octanol–water partition coefficient (Wildman–Crippen LogP) is 4.03. The number of pyridine rings is 1. The Morgan fingerprint density at radius 2 is 1.71 bits per heavy atom. The van der Waals surface area contributed by atoms with E-state index in [0.717, 1.165) is 23.8 Å². The number of hydrogen-bond donors (Lipinski definition) is 2. The monoisotopic (exact) mass is 574 g/mol. The number of amides is 1. The zero-order valence-electron chi connectivity index (χ0n) is 22.5. The second-order valence-electron chi connectivity index (χ2n) is 9.54. The molecule has 2 N–H and O–H groups in total. The number of rotatable bonds is 8. The lowest BCUT2D eigenvalue weighted by molar-refractivity contribution is 0.0955. The molecule has 0 bridgehead atoms. The maximum absolute atomic E-state index is 13.3. The number of carbonyl (C=O) groups excluding carboxylic acids is 1. The fourth-order valence-corrected chi connectivity index (χ4v) is 6.42. The van der Waals surface area contributed by atoms with Crippen molar-refractivity contribution >= 4 is 32.9 Å². The number of hydrogen-bond acceptors (Lipinski definition) is 7. The van der Waals surface area contributed by atoms with Crippen LogP contribution in [0.25, 0.3) is 16.5 Å². The molecule has 41 heavy (non-hydrogen) atoms. The minimum Gasteiger partial charge on any atom is -0.494 e. The molecule has 0 saturated carbocycles. The van der Waals surface area contributed by atoms with Gasteiger partial charge in [0, 0.05) is 29.4 Å². The molecular weight excluding hydrogens is 544 g/mol. The van der Waals surface area contributed by atoms with Crippen molar-refractivity contribution in [3.05, 3.63) is 94.3 Å². The van der Waals surface area contributed by atoms with Crippen LogP contribution in [0.4, 0.5) is 0 Å². The Morgan fingerprint density at radius 3 is 2.41 bits per heavy atom. The Balaban J connectivity index is 1.44. The van der Waals surface area contributed by atoms with E-state index in [4.69, 9.17) is 4.74 Å². The molecule has 2 heterocycles. The van der Waals surface area contributed by atoms with Crippen LogP contribution in [0.1, 0.15) is 42.1 Å². The first-order valence-corrected chi connectivity index (χ1v) is 14.8. The average Bonchev–Trinajstić information content (AvgIpc) is 3.00. The molecular formula is C30H30N4O6S. The second kappa shape index (κ2) is 11.9. The molecule has 0 atom stereocenters. The van der Waals surface area contributed by atoms with E-state index in [0.29, 0.717) is 41.9 Å². The van der Waals surface area contributed by atoms with Gasteiger partial charge in [0.1, 0.15) is 5.75 Å². The summed E-state index contributed by atoms with van der Waals surface area (Å²) in [5, 5.41) is 16.0. The third kappa shape index (κ3) is 5.72. The van der Waals surface area contributed by atoms with Crippen LogP contribution in [0.3, 0.4) is 0 Å². The summed E-state index contributed by atoms with van der Waals surface area (Å²) in [6, 6.07) is 19.3. The van der Waals surface area contributed by atoms with Crippen LogP contribution in [0.15, 0.2) is 87.6 Å². The molecule has 4 aromatic rings. The summed E-state index contributed by atoms with van der Waals surface area (Å²) in [6.07, 6.45) is 3.87. The summed E-state index contributed by atoms with van der Waals surface area (Å²) in [5.41, 5.74) is 2.74. The Labute approximate surface area is 237 Å². The molecule has 11 heteroatoms. The van der Waals surface area contributed by atoms with Gasteiger partial charge in [-0.25, -0.2) is 18.4 Å². The van der Waals surface area contributed by atoms with Crippen molar-refractivity contribution in [1.82, 2.24) is 14.3 Å². The van der Waals surface area contributed by atoms with Crippen molar-refractivity contribution < 1.29 is 23.1 Å². The van der Waals surface area contributed by atoms with Gasteiger partial charge in [0.25, 0.3) is 11.5 Å². The molecule has 1 aromatic heterocycles. The van der Waals surface area contributed by atoms with Gasteiger partial charge in [0.15, 0.2) is 0 Å². The maximum atomic E-state index is 13.3. The highest BCUT2D eigenvalue weighted by molar-refractivity contribution is 7.89. The van der Waals surface area contributed by atoms with E-state index in [9.17, 15) is 23.1 Å². The van der Waals surface area contributed by atoms with Crippen LogP contribution in [0.2, 0.25) is 0 Å². The van der Waals surface area contributed by atoms with Gasteiger partial charge in [0.05, 0.1) is 29.0 Å². The Morgan fingerprint density at radius 1 is 1.00 bits per heavy atom. The first kappa shape index (κ1) is 28.1. The third-order valence-corrected chi connectivity index (χ3v) is 8.81. The number of ether oxygens (including phenoxy) is 1. The number of nitrogens with zero attached hydrogens (tertiary/aromatic N) is 3. The van der Waals surface area contributed by atoms with Crippen molar-refractivity contribution in [2.24, 2.45) is 5.10 Å². The topological polar surface area (TPSA) is 130 Å². The summed E-state index contributed by atoms with van der Waals surface area (Å²) in [4.78, 5) is 26.3. The van der Waals surface area contributed by atoms with Crippen LogP contribution >= 0.6 is 0 Å². The standard InChI is InChI=1S/C30H30N4O6S/c1-2-40-23-15-13-22(14-16-23)34-29(36)26-12-5-4-11-25(26)27(30(34)37)20-31-32-28(35)21-9-8-10-24(19-21)41(38,39)33-17-6-3-7-18-33/h4-5,8-16,19-20,37H,2-3,6-7,17-18H2,1H3,(H,32,35). The highest BCUT2D eigenvalue weighted by Crippen LogP contribution is 2.27. The Bertz CT molecular complexity index is 1780. The van der Waals surface area contributed by atoms with Crippen LogP contribution < -0.4 is 15.7 Å². The summed E-state index contributed by atoms with van der Waals surface area (Å²) in [7, 11) is -3.71. The van der Waals surface area contributed by atoms with E-state index in [1.165, 1.54) is 34.8 Å². The normalized spacial score (nSPS) is 14.4. The molecule has 1 aliphatic rings. The number of sulfonamides is 1. The quantitative estimate of drug-likeness (QED) is 0.241. The maximum Gasteiger partial charge on any atom is 0.271 e. The molecule has 5 rings (SSSR count). The summed E-state index contributed by atoms with van der Waals surface area (Å²) >= 11 is 0. The number of aromatic nitrogens is 1. The minimum absolute atomic E-state index is 0.0436. The van der Waals surface area contributed by atoms with E-state index >= 15 is 0 Å². The lowest BCUT2D eigenvalue weighted by atomic mass is 10.1. The molecule has 1 saturated heterocycles. The molecule has 0 unspecified atom stereocenters. The van der Waals surface area contributed by atoms with Crippen molar-refractivity contribution in [3.8, 4) is 17.3 Å². The van der Waals surface area contributed by atoms with Crippen LogP contribution in [0, 0.1) is 0 Å².